The number of nitriles is 1. The number of rotatable bonds is 1. The first-order valence-electron chi connectivity index (χ1n) is 4.39. The van der Waals surface area contributed by atoms with Crippen molar-refractivity contribution in [3.8, 4) is 6.07 Å². The van der Waals surface area contributed by atoms with E-state index in [1.54, 1.807) is 6.26 Å². The second-order valence-corrected chi connectivity index (χ2v) is 2.85. The number of nitrogens with zero attached hydrogens (tertiary/aromatic N) is 1. The molecule has 0 fully saturated rings. The minimum Gasteiger partial charge on any atom is -0.477 e. The van der Waals surface area contributed by atoms with Crippen LogP contribution in [0.5, 0.6) is 0 Å². The topological polar surface area (TPSA) is 74.2 Å². The molecule has 1 aromatic carbocycles. The molecule has 0 radical (unpaired) electrons. The maximum absolute atomic E-state index is 9.61. The maximum atomic E-state index is 9.61. The Morgan fingerprint density at radius 2 is 2.06 bits per heavy atom. The van der Waals surface area contributed by atoms with Crippen molar-refractivity contribution in [2.75, 3.05) is 0 Å². The normalized spacial score (nSPS) is 8.69. The highest BCUT2D eigenvalue weighted by Gasteiger charge is 1.97. The standard InChI is InChI=1S/C8H6O.C4H3NO2/c1-2-4-8-7(3-1)5-6-9-8;1-3(2-5)4(6)7/h1-6H;1H2,(H,6,7). The number of benzene rings is 1. The number of carboxylic acid groups (broad SMARTS) is 1. The number of fused-ring (bicyclic) bond motifs is 1. The molecule has 16 heavy (non-hydrogen) atoms. The molecule has 0 bridgehead atoms. The molecule has 0 spiro atoms. The molecule has 4 heteroatoms. The zero-order valence-electron chi connectivity index (χ0n) is 8.38. The lowest BCUT2D eigenvalue weighted by atomic mass is 10.3. The van der Waals surface area contributed by atoms with Crippen LogP contribution >= 0.6 is 0 Å². The summed E-state index contributed by atoms with van der Waals surface area (Å²) in [5, 5.41) is 16.8. The average Bonchev–Trinajstić information content (AvgIpc) is 2.76. The highest BCUT2D eigenvalue weighted by molar-refractivity contribution is 5.90. The average molecular weight is 215 g/mol. The van der Waals surface area contributed by atoms with Crippen molar-refractivity contribution >= 4 is 16.9 Å². The van der Waals surface area contributed by atoms with Crippen LogP contribution in [0.15, 0.2) is 53.2 Å². The van der Waals surface area contributed by atoms with Crippen LogP contribution in [-0.4, -0.2) is 11.1 Å². The molecule has 1 heterocycles. The number of carbonyl (C=O) groups is 1. The fourth-order valence-corrected chi connectivity index (χ4v) is 0.954. The van der Waals surface area contributed by atoms with Crippen molar-refractivity contribution < 1.29 is 14.3 Å². The van der Waals surface area contributed by atoms with Gasteiger partial charge in [0.05, 0.1) is 6.26 Å². The highest BCUT2D eigenvalue weighted by Crippen LogP contribution is 2.12. The molecule has 80 valence electrons. The zero-order valence-corrected chi connectivity index (χ0v) is 8.38. The molecule has 0 aliphatic heterocycles. The monoisotopic (exact) mass is 215 g/mol. The Balaban J connectivity index is 0.000000168. The summed E-state index contributed by atoms with van der Waals surface area (Å²) in [5.74, 6) is -1.26. The van der Waals surface area contributed by atoms with Gasteiger partial charge in [-0.05, 0) is 12.1 Å². The van der Waals surface area contributed by atoms with Gasteiger partial charge >= 0.3 is 5.97 Å². The van der Waals surface area contributed by atoms with E-state index < -0.39 is 11.5 Å². The van der Waals surface area contributed by atoms with Gasteiger partial charge in [-0.15, -0.1) is 0 Å². The SMILES string of the molecule is C=C(C#N)C(=O)O.c1ccc2occc2c1. The number of furan rings is 1. The summed E-state index contributed by atoms with van der Waals surface area (Å²) in [4.78, 5) is 9.61. The van der Waals surface area contributed by atoms with Crippen LogP contribution in [0.1, 0.15) is 0 Å². The molecule has 0 amide bonds. The summed E-state index contributed by atoms with van der Waals surface area (Å²) in [5.41, 5.74) is 0.525. The van der Waals surface area contributed by atoms with Crippen LogP contribution in [0.25, 0.3) is 11.0 Å². The van der Waals surface area contributed by atoms with E-state index in [2.05, 4.69) is 6.58 Å². The van der Waals surface area contributed by atoms with Gasteiger partial charge in [0.2, 0.25) is 0 Å². The summed E-state index contributed by atoms with van der Waals surface area (Å²) in [6.45, 7) is 2.91. The predicted octanol–water partition coefficient (Wildman–Crippen LogP) is 2.58. The van der Waals surface area contributed by atoms with Crippen LogP contribution in [0.2, 0.25) is 0 Å². The summed E-state index contributed by atoms with van der Waals surface area (Å²) < 4.78 is 5.12. The summed E-state index contributed by atoms with van der Waals surface area (Å²) in [6.07, 6.45) is 1.70. The Morgan fingerprint density at radius 1 is 1.38 bits per heavy atom. The maximum Gasteiger partial charge on any atom is 0.345 e. The third-order valence-corrected chi connectivity index (χ3v) is 1.75. The van der Waals surface area contributed by atoms with Crippen LogP contribution in [-0.2, 0) is 4.79 Å². The van der Waals surface area contributed by atoms with Gasteiger partial charge in [0.25, 0.3) is 0 Å². The molecule has 2 aromatic rings. The number of carboxylic acids is 1. The first kappa shape index (κ1) is 11.5. The Hall–Kier alpha value is -2.54. The van der Waals surface area contributed by atoms with E-state index in [9.17, 15) is 4.79 Å². The predicted molar refractivity (Wildman–Crippen MR) is 58.6 cm³/mol. The van der Waals surface area contributed by atoms with E-state index >= 15 is 0 Å². The molecule has 4 nitrogen and oxygen atoms in total. The van der Waals surface area contributed by atoms with E-state index in [4.69, 9.17) is 14.8 Å². The minimum atomic E-state index is -1.26. The zero-order chi connectivity index (χ0) is 12.0. The first-order valence-corrected chi connectivity index (χ1v) is 4.39. The van der Waals surface area contributed by atoms with Gasteiger partial charge in [-0.2, -0.15) is 5.26 Å². The molecular weight excluding hydrogens is 206 g/mol. The smallest absolute Gasteiger partial charge is 0.345 e. The number of para-hydroxylation sites is 1. The van der Waals surface area contributed by atoms with E-state index in [0.29, 0.717) is 0 Å². The van der Waals surface area contributed by atoms with Gasteiger partial charge in [-0.25, -0.2) is 4.79 Å². The molecule has 0 saturated carbocycles. The van der Waals surface area contributed by atoms with Gasteiger partial charge in [-0.1, -0.05) is 24.8 Å². The quantitative estimate of drug-likeness (QED) is 0.586. The van der Waals surface area contributed by atoms with E-state index in [1.165, 1.54) is 6.07 Å². The molecule has 0 aliphatic rings. The minimum absolute atomic E-state index is 0.431. The summed E-state index contributed by atoms with van der Waals surface area (Å²) in [6, 6.07) is 11.3. The van der Waals surface area contributed by atoms with Crippen molar-refractivity contribution in [1.29, 1.82) is 5.26 Å². The van der Waals surface area contributed by atoms with Gasteiger partial charge < -0.3 is 9.52 Å². The van der Waals surface area contributed by atoms with Crippen molar-refractivity contribution in [3.63, 3.8) is 0 Å². The lowest BCUT2D eigenvalue weighted by Crippen LogP contribution is -1.94. The van der Waals surface area contributed by atoms with Crippen LogP contribution in [0, 0.1) is 11.3 Å². The second-order valence-electron chi connectivity index (χ2n) is 2.85. The fourth-order valence-electron chi connectivity index (χ4n) is 0.954. The summed E-state index contributed by atoms with van der Waals surface area (Å²) >= 11 is 0. The molecule has 0 saturated heterocycles. The van der Waals surface area contributed by atoms with Crippen LogP contribution in [0.3, 0.4) is 0 Å². The van der Waals surface area contributed by atoms with E-state index in [1.807, 2.05) is 30.3 Å². The van der Waals surface area contributed by atoms with Gasteiger partial charge in [-0.3, -0.25) is 0 Å². The molecule has 2 rings (SSSR count). The third kappa shape index (κ3) is 3.00. The Bertz CT molecular complexity index is 518. The van der Waals surface area contributed by atoms with E-state index in [-0.39, 0.29) is 0 Å². The Labute approximate surface area is 92.0 Å². The summed E-state index contributed by atoms with van der Waals surface area (Å²) in [7, 11) is 0. The molecular formula is C12H9NO3. The van der Waals surface area contributed by atoms with Crippen molar-refractivity contribution in [3.05, 3.63) is 48.7 Å². The van der Waals surface area contributed by atoms with Gasteiger partial charge in [0, 0.05) is 5.39 Å². The van der Waals surface area contributed by atoms with Gasteiger partial charge in [0.1, 0.15) is 17.2 Å². The lowest BCUT2D eigenvalue weighted by molar-refractivity contribution is -0.132. The van der Waals surface area contributed by atoms with E-state index in [0.717, 1.165) is 11.0 Å². The van der Waals surface area contributed by atoms with Crippen LogP contribution < -0.4 is 0 Å². The lowest BCUT2D eigenvalue weighted by Gasteiger charge is -1.81. The van der Waals surface area contributed by atoms with Crippen molar-refractivity contribution in [2.24, 2.45) is 0 Å². The molecule has 1 aromatic heterocycles. The Morgan fingerprint density at radius 3 is 2.56 bits per heavy atom. The number of hydrogen-bond donors (Lipinski definition) is 1. The molecule has 0 aliphatic carbocycles. The van der Waals surface area contributed by atoms with Crippen LogP contribution in [0.4, 0.5) is 0 Å². The largest absolute Gasteiger partial charge is 0.477 e. The van der Waals surface area contributed by atoms with Gasteiger partial charge in [0.15, 0.2) is 0 Å². The number of aliphatic carboxylic acids is 1. The molecule has 1 N–H and O–H groups in total. The second kappa shape index (κ2) is 5.37. The fraction of sp³-hybridized carbons (Fsp3) is 0. The third-order valence-electron chi connectivity index (χ3n) is 1.75. The molecule has 0 unspecified atom stereocenters. The number of hydrogen-bond acceptors (Lipinski definition) is 3. The first-order chi connectivity index (χ1) is 7.65. The van der Waals surface area contributed by atoms with Crippen molar-refractivity contribution in [2.45, 2.75) is 0 Å². The highest BCUT2D eigenvalue weighted by atomic mass is 16.4. The molecule has 0 atom stereocenters. The van der Waals surface area contributed by atoms with Crippen molar-refractivity contribution in [1.82, 2.24) is 0 Å². The Kier molecular flexibility index (Phi) is 3.87.